The fourth-order valence-corrected chi connectivity index (χ4v) is 5.30. The van der Waals surface area contributed by atoms with E-state index in [-0.39, 0.29) is 23.8 Å². The van der Waals surface area contributed by atoms with Gasteiger partial charge in [0.25, 0.3) is 0 Å². The Bertz CT molecular complexity index is 928. The monoisotopic (exact) mass is 439 g/mol. The van der Waals surface area contributed by atoms with Gasteiger partial charge >= 0.3 is 0 Å². The molecule has 1 saturated carbocycles. The Morgan fingerprint density at radius 2 is 1.88 bits per heavy atom. The van der Waals surface area contributed by atoms with Crippen molar-refractivity contribution in [3.05, 3.63) is 17.1 Å². The molecule has 1 aliphatic carbocycles. The lowest BCUT2D eigenvalue weighted by molar-refractivity contribution is -0.136. The average Bonchev–Trinajstić information content (AvgIpc) is 3.44. The van der Waals surface area contributed by atoms with Gasteiger partial charge in [-0.3, -0.25) is 19.3 Å². The lowest BCUT2D eigenvalue weighted by atomic mass is 10.00. The summed E-state index contributed by atoms with van der Waals surface area (Å²) in [5.74, 6) is 2.50. The number of aromatic nitrogens is 2. The van der Waals surface area contributed by atoms with Gasteiger partial charge in [-0.2, -0.15) is 0 Å². The molecular formula is C24H33N5O3. The first-order valence-corrected chi connectivity index (χ1v) is 12.3. The third-order valence-electron chi connectivity index (χ3n) is 7.34. The number of anilines is 1. The first-order chi connectivity index (χ1) is 15.5. The maximum Gasteiger partial charge on any atom is 0.232 e. The molecule has 8 heteroatoms. The number of fused-ring (bicyclic) bond motifs is 1. The minimum absolute atomic E-state index is 0.119. The summed E-state index contributed by atoms with van der Waals surface area (Å²) in [7, 11) is 0. The SMILES string of the molecule is Cc1nc([C@@H]2CCCCN2C(=O)CCCN2CCCC2=O)nc2c1CC(=O)N2CC1CC1. The predicted molar refractivity (Wildman–Crippen MR) is 119 cm³/mol. The Hall–Kier alpha value is -2.51. The van der Waals surface area contributed by atoms with Crippen LogP contribution in [0.15, 0.2) is 0 Å². The smallest absolute Gasteiger partial charge is 0.232 e. The second-order valence-corrected chi connectivity index (χ2v) is 9.78. The minimum Gasteiger partial charge on any atom is -0.343 e. The third kappa shape index (κ3) is 4.24. The summed E-state index contributed by atoms with van der Waals surface area (Å²) >= 11 is 0. The molecule has 0 radical (unpaired) electrons. The molecule has 2 saturated heterocycles. The molecular weight excluding hydrogens is 406 g/mol. The number of carbonyl (C=O) groups excluding carboxylic acids is 3. The molecule has 3 fully saturated rings. The Labute approximate surface area is 189 Å². The van der Waals surface area contributed by atoms with Gasteiger partial charge in [0.2, 0.25) is 17.7 Å². The van der Waals surface area contributed by atoms with Crippen LogP contribution in [0.2, 0.25) is 0 Å². The highest BCUT2D eigenvalue weighted by atomic mass is 16.2. The lowest BCUT2D eigenvalue weighted by Crippen LogP contribution is -2.40. The molecule has 172 valence electrons. The molecule has 4 heterocycles. The predicted octanol–water partition coefficient (Wildman–Crippen LogP) is 2.54. The minimum atomic E-state index is -0.132. The second kappa shape index (κ2) is 8.79. The van der Waals surface area contributed by atoms with E-state index in [2.05, 4.69) is 0 Å². The highest BCUT2D eigenvalue weighted by Crippen LogP contribution is 2.37. The second-order valence-electron chi connectivity index (χ2n) is 9.78. The summed E-state index contributed by atoms with van der Waals surface area (Å²) in [5.41, 5.74) is 1.81. The number of hydrogen-bond acceptors (Lipinski definition) is 5. The van der Waals surface area contributed by atoms with Crippen molar-refractivity contribution in [1.82, 2.24) is 19.8 Å². The number of hydrogen-bond donors (Lipinski definition) is 0. The van der Waals surface area contributed by atoms with Crippen molar-refractivity contribution < 1.29 is 14.4 Å². The molecule has 1 aromatic rings. The van der Waals surface area contributed by atoms with Crippen molar-refractivity contribution in [3.63, 3.8) is 0 Å². The molecule has 1 aromatic heterocycles. The van der Waals surface area contributed by atoms with E-state index in [9.17, 15) is 14.4 Å². The van der Waals surface area contributed by atoms with Crippen molar-refractivity contribution >= 4 is 23.5 Å². The van der Waals surface area contributed by atoms with Crippen molar-refractivity contribution in [2.75, 3.05) is 31.1 Å². The molecule has 0 N–H and O–H groups in total. The molecule has 3 amide bonds. The van der Waals surface area contributed by atoms with Crippen LogP contribution >= 0.6 is 0 Å². The van der Waals surface area contributed by atoms with E-state index in [0.717, 1.165) is 62.4 Å². The van der Waals surface area contributed by atoms with Crippen molar-refractivity contribution in [3.8, 4) is 0 Å². The van der Waals surface area contributed by atoms with Crippen molar-refractivity contribution in [2.45, 2.75) is 77.2 Å². The van der Waals surface area contributed by atoms with E-state index in [4.69, 9.17) is 9.97 Å². The molecule has 8 nitrogen and oxygen atoms in total. The van der Waals surface area contributed by atoms with Crippen LogP contribution in [0.3, 0.4) is 0 Å². The molecule has 32 heavy (non-hydrogen) atoms. The van der Waals surface area contributed by atoms with Gasteiger partial charge in [-0.15, -0.1) is 0 Å². The lowest BCUT2D eigenvalue weighted by Gasteiger charge is -2.35. The van der Waals surface area contributed by atoms with Gasteiger partial charge in [-0.25, -0.2) is 9.97 Å². The van der Waals surface area contributed by atoms with E-state index in [1.165, 1.54) is 12.8 Å². The first kappa shape index (κ1) is 21.3. The topological polar surface area (TPSA) is 86.7 Å². The zero-order valence-corrected chi connectivity index (χ0v) is 19.0. The normalized spacial score (nSPS) is 23.3. The van der Waals surface area contributed by atoms with Gasteiger partial charge in [0.15, 0.2) is 5.82 Å². The van der Waals surface area contributed by atoms with E-state index in [0.29, 0.717) is 44.0 Å². The van der Waals surface area contributed by atoms with Crippen LogP contribution in [0.25, 0.3) is 0 Å². The van der Waals surface area contributed by atoms with Crippen LogP contribution in [-0.4, -0.2) is 63.7 Å². The maximum absolute atomic E-state index is 13.1. The fraction of sp³-hybridized carbons (Fsp3) is 0.708. The third-order valence-corrected chi connectivity index (χ3v) is 7.34. The van der Waals surface area contributed by atoms with Gasteiger partial charge in [0.1, 0.15) is 5.82 Å². The van der Waals surface area contributed by atoms with E-state index < -0.39 is 0 Å². The largest absolute Gasteiger partial charge is 0.343 e. The number of carbonyl (C=O) groups is 3. The van der Waals surface area contributed by atoms with Crippen molar-refractivity contribution in [1.29, 1.82) is 0 Å². The zero-order valence-electron chi connectivity index (χ0n) is 19.0. The summed E-state index contributed by atoms with van der Waals surface area (Å²) in [6.07, 6.45) is 8.34. The molecule has 0 unspecified atom stereocenters. The molecule has 4 aliphatic rings. The Balaban J connectivity index is 1.30. The number of aryl methyl sites for hydroxylation is 1. The average molecular weight is 440 g/mol. The highest BCUT2D eigenvalue weighted by Gasteiger charge is 2.37. The van der Waals surface area contributed by atoms with Crippen molar-refractivity contribution in [2.24, 2.45) is 5.92 Å². The van der Waals surface area contributed by atoms with Crippen LogP contribution in [0.1, 0.15) is 80.9 Å². The van der Waals surface area contributed by atoms with Gasteiger partial charge < -0.3 is 9.80 Å². The maximum atomic E-state index is 13.1. The van der Waals surface area contributed by atoms with Gasteiger partial charge in [-0.05, 0) is 57.8 Å². The molecule has 1 atom stereocenters. The van der Waals surface area contributed by atoms with Crippen LogP contribution in [0.5, 0.6) is 0 Å². The highest BCUT2D eigenvalue weighted by molar-refractivity contribution is 6.00. The molecule has 5 rings (SSSR count). The quantitative estimate of drug-likeness (QED) is 0.652. The molecule has 0 bridgehead atoms. The number of rotatable bonds is 7. The number of amides is 3. The summed E-state index contributed by atoms with van der Waals surface area (Å²) in [4.78, 5) is 52.9. The summed E-state index contributed by atoms with van der Waals surface area (Å²) in [5, 5.41) is 0. The van der Waals surface area contributed by atoms with Crippen LogP contribution < -0.4 is 4.90 Å². The van der Waals surface area contributed by atoms with E-state index in [1.807, 2.05) is 21.6 Å². The number of piperidine rings is 1. The van der Waals surface area contributed by atoms with Gasteiger partial charge in [0.05, 0.1) is 12.5 Å². The summed E-state index contributed by atoms with van der Waals surface area (Å²) < 4.78 is 0. The molecule has 0 spiro atoms. The standard InChI is InChI=1S/C24H33N5O3/c1-16-18-14-22(32)29(15-17-9-10-17)24(18)26-23(25-16)19-6-2-3-13-28(19)21(31)8-5-12-27-11-4-7-20(27)30/h17,19H,2-15H2,1H3/t19-/m0/s1. The Morgan fingerprint density at radius 3 is 2.62 bits per heavy atom. The molecule has 0 aromatic carbocycles. The van der Waals surface area contributed by atoms with E-state index in [1.54, 1.807) is 0 Å². The summed E-state index contributed by atoms with van der Waals surface area (Å²) in [6, 6.07) is -0.132. The van der Waals surface area contributed by atoms with Crippen LogP contribution in [0.4, 0.5) is 5.82 Å². The summed E-state index contributed by atoms with van der Waals surface area (Å²) in [6.45, 7) is 4.91. The fourth-order valence-electron chi connectivity index (χ4n) is 5.30. The first-order valence-electron chi connectivity index (χ1n) is 12.3. The Morgan fingerprint density at radius 1 is 1.03 bits per heavy atom. The Kier molecular flexibility index (Phi) is 5.86. The van der Waals surface area contributed by atoms with Gasteiger partial charge in [-0.1, -0.05) is 0 Å². The molecule has 3 aliphatic heterocycles. The zero-order chi connectivity index (χ0) is 22.2. The number of likely N-dealkylation sites (tertiary alicyclic amines) is 2. The van der Waals surface area contributed by atoms with Gasteiger partial charge in [0, 0.05) is 50.3 Å². The number of nitrogens with zero attached hydrogens (tertiary/aromatic N) is 5. The van der Waals surface area contributed by atoms with Crippen LogP contribution in [0, 0.1) is 12.8 Å². The van der Waals surface area contributed by atoms with Crippen LogP contribution in [-0.2, 0) is 20.8 Å². The van der Waals surface area contributed by atoms with E-state index >= 15 is 0 Å².